The smallest absolute Gasteiger partial charge is 0.326 e. The van der Waals surface area contributed by atoms with Crippen molar-refractivity contribution in [1.82, 2.24) is 4.90 Å². The van der Waals surface area contributed by atoms with Crippen LogP contribution in [0.3, 0.4) is 0 Å². The highest BCUT2D eigenvalue weighted by atomic mass is 16.4. The van der Waals surface area contributed by atoms with Crippen LogP contribution in [-0.2, 0) is 9.59 Å². The molecule has 1 fully saturated rings. The van der Waals surface area contributed by atoms with Crippen LogP contribution in [0.4, 0.5) is 0 Å². The lowest BCUT2D eigenvalue weighted by Gasteiger charge is -2.33. The number of unbranched alkanes of at least 4 members (excludes halogenated alkanes) is 2. The minimum absolute atomic E-state index is 0.0471. The third-order valence-electron chi connectivity index (χ3n) is 3.07. The van der Waals surface area contributed by atoms with Gasteiger partial charge < -0.3 is 10.0 Å². The zero-order valence-corrected chi connectivity index (χ0v) is 10.0. The molecule has 1 saturated heterocycles. The molecule has 1 aliphatic heterocycles. The minimum Gasteiger partial charge on any atom is -0.480 e. The quantitative estimate of drug-likeness (QED) is 0.584. The van der Waals surface area contributed by atoms with E-state index in [0.717, 1.165) is 25.7 Å². The van der Waals surface area contributed by atoms with Crippen molar-refractivity contribution in [2.45, 2.75) is 51.0 Å². The summed E-state index contributed by atoms with van der Waals surface area (Å²) in [6, 6.07) is -0.621. The molecule has 1 N–H and O–H groups in total. The van der Waals surface area contributed by atoms with Crippen molar-refractivity contribution in [3.63, 3.8) is 0 Å². The molecule has 0 bridgehead atoms. The Morgan fingerprint density at radius 2 is 2.12 bits per heavy atom. The first-order valence-corrected chi connectivity index (χ1v) is 6.12. The minimum atomic E-state index is -0.887. The van der Waals surface area contributed by atoms with E-state index in [9.17, 15) is 9.59 Å². The monoisotopic (exact) mass is 237 g/mol. The average molecular weight is 237 g/mol. The molecule has 1 rings (SSSR count). The molecule has 94 valence electrons. The highest BCUT2D eigenvalue weighted by Gasteiger charge is 2.31. The normalized spacial score (nSPS) is 19.7. The summed E-state index contributed by atoms with van der Waals surface area (Å²) < 4.78 is 0. The summed E-state index contributed by atoms with van der Waals surface area (Å²) in [7, 11) is 0. The number of carbonyl (C=O) groups is 2. The van der Waals surface area contributed by atoms with Gasteiger partial charge in [0.1, 0.15) is 6.04 Å². The lowest BCUT2D eigenvalue weighted by Crippen LogP contribution is -2.47. The first kappa shape index (κ1) is 13.6. The van der Waals surface area contributed by atoms with Crippen LogP contribution in [0.2, 0.25) is 0 Å². The zero-order chi connectivity index (χ0) is 12.7. The Kier molecular flexibility index (Phi) is 5.55. The van der Waals surface area contributed by atoms with Gasteiger partial charge in [-0.05, 0) is 32.1 Å². The van der Waals surface area contributed by atoms with Gasteiger partial charge in [0.25, 0.3) is 0 Å². The largest absolute Gasteiger partial charge is 0.480 e. The first-order chi connectivity index (χ1) is 8.16. The summed E-state index contributed by atoms with van der Waals surface area (Å²) in [5.74, 6) is 1.59. The Bertz CT molecular complexity index is 319. The number of carboxylic acid groups (broad SMARTS) is 1. The van der Waals surface area contributed by atoms with E-state index in [1.54, 1.807) is 0 Å². The van der Waals surface area contributed by atoms with Crippen molar-refractivity contribution in [1.29, 1.82) is 0 Å². The van der Waals surface area contributed by atoms with Gasteiger partial charge in [0.05, 0.1) is 0 Å². The molecule has 0 aromatic carbocycles. The van der Waals surface area contributed by atoms with Crippen LogP contribution in [0.15, 0.2) is 0 Å². The number of piperidine rings is 1. The van der Waals surface area contributed by atoms with Gasteiger partial charge in [0.2, 0.25) is 5.91 Å². The molecule has 4 heteroatoms. The predicted molar refractivity (Wildman–Crippen MR) is 64.3 cm³/mol. The first-order valence-electron chi connectivity index (χ1n) is 6.12. The van der Waals surface area contributed by atoms with Crippen molar-refractivity contribution in [3.8, 4) is 12.3 Å². The van der Waals surface area contributed by atoms with Crippen molar-refractivity contribution >= 4 is 11.9 Å². The Hall–Kier alpha value is -1.50. The summed E-state index contributed by atoms with van der Waals surface area (Å²) in [6.45, 7) is 0.574. The van der Waals surface area contributed by atoms with Crippen LogP contribution in [0.25, 0.3) is 0 Å². The van der Waals surface area contributed by atoms with E-state index in [2.05, 4.69) is 5.92 Å². The molecule has 17 heavy (non-hydrogen) atoms. The Balaban J connectivity index is 2.42. The molecule has 0 saturated carbocycles. The van der Waals surface area contributed by atoms with E-state index >= 15 is 0 Å². The van der Waals surface area contributed by atoms with Crippen LogP contribution in [0, 0.1) is 12.3 Å². The average Bonchev–Trinajstić information content (AvgIpc) is 2.34. The third-order valence-corrected chi connectivity index (χ3v) is 3.07. The number of carbonyl (C=O) groups excluding carboxylic acids is 1. The molecule has 0 aromatic heterocycles. The fraction of sp³-hybridized carbons (Fsp3) is 0.692. The zero-order valence-electron chi connectivity index (χ0n) is 10.0. The van der Waals surface area contributed by atoms with Gasteiger partial charge in [-0.25, -0.2) is 4.79 Å². The Morgan fingerprint density at radius 1 is 1.35 bits per heavy atom. The summed E-state index contributed by atoms with van der Waals surface area (Å²) in [5.41, 5.74) is 0. The van der Waals surface area contributed by atoms with Crippen molar-refractivity contribution in [3.05, 3.63) is 0 Å². The summed E-state index contributed by atoms with van der Waals surface area (Å²) >= 11 is 0. The fourth-order valence-electron chi connectivity index (χ4n) is 2.13. The Morgan fingerprint density at radius 3 is 2.76 bits per heavy atom. The fourth-order valence-corrected chi connectivity index (χ4v) is 2.13. The molecule has 1 aliphatic rings. The van der Waals surface area contributed by atoms with E-state index < -0.39 is 12.0 Å². The Labute approximate surface area is 102 Å². The molecule has 4 nitrogen and oxygen atoms in total. The molecule has 0 spiro atoms. The van der Waals surface area contributed by atoms with Gasteiger partial charge in [0, 0.05) is 19.4 Å². The molecule has 0 aromatic rings. The van der Waals surface area contributed by atoms with Crippen LogP contribution in [0.1, 0.15) is 44.9 Å². The number of amides is 1. The maximum absolute atomic E-state index is 11.9. The van der Waals surface area contributed by atoms with Crippen LogP contribution in [-0.4, -0.2) is 34.5 Å². The second-order valence-corrected chi connectivity index (χ2v) is 4.35. The lowest BCUT2D eigenvalue weighted by atomic mass is 10.0. The van der Waals surface area contributed by atoms with Gasteiger partial charge in [-0.3, -0.25) is 4.79 Å². The van der Waals surface area contributed by atoms with E-state index in [4.69, 9.17) is 11.5 Å². The van der Waals surface area contributed by atoms with Crippen LogP contribution in [0.5, 0.6) is 0 Å². The molecule has 1 amide bonds. The number of hydrogen-bond donors (Lipinski definition) is 1. The number of carboxylic acids is 1. The molecule has 0 aliphatic carbocycles. The van der Waals surface area contributed by atoms with E-state index in [1.807, 2.05) is 0 Å². The molecule has 0 unspecified atom stereocenters. The third kappa shape index (κ3) is 4.10. The molecule has 1 atom stereocenters. The number of hydrogen-bond acceptors (Lipinski definition) is 2. The highest BCUT2D eigenvalue weighted by Crippen LogP contribution is 2.19. The highest BCUT2D eigenvalue weighted by molar-refractivity contribution is 5.83. The second-order valence-electron chi connectivity index (χ2n) is 4.35. The maximum Gasteiger partial charge on any atom is 0.326 e. The number of rotatable bonds is 5. The molecular weight excluding hydrogens is 218 g/mol. The van der Waals surface area contributed by atoms with Crippen LogP contribution < -0.4 is 0 Å². The summed E-state index contributed by atoms with van der Waals surface area (Å²) in [5, 5.41) is 9.05. The van der Waals surface area contributed by atoms with Gasteiger partial charge in [-0.15, -0.1) is 12.3 Å². The van der Waals surface area contributed by atoms with Crippen molar-refractivity contribution < 1.29 is 14.7 Å². The van der Waals surface area contributed by atoms with Gasteiger partial charge in [-0.1, -0.05) is 0 Å². The summed E-state index contributed by atoms with van der Waals surface area (Å²) in [4.78, 5) is 24.4. The van der Waals surface area contributed by atoms with Crippen molar-refractivity contribution in [2.24, 2.45) is 0 Å². The number of terminal acetylenes is 1. The number of likely N-dealkylation sites (tertiary alicyclic amines) is 1. The van der Waals surface area contributed by atoms with Gasteiger partial charge in [-0.2, -0.15) is 0 Å². The van der Waals surface area contributed by atoms with Gasteiger partial charge in [0.15, 0.2) is 0 Å². The van der Waals surface area contributed by atoms with Gasteiger partial charge >= 0.3 is 5.97 Å². The van der Waals surface area contributed by atoms with Crippen LogP contribution >= 0.6 is 0 Å². The van der Waals surface area contributed by atoms with E-state index in [1.165, 1.54) is 4.90 Å². The SMILES string of the molecule is C#CCCCCC(=O)N1CCCC[C@H]1C(=O)O. The summed E-state index contributed by atoms with van der Waals surface area (Å²) in [6.07, 6.45) is 10.1. The van der Waals surface area contributed by atoms with E-state index in [-0.39, 0.29) is 5.91 Å². The molecule has 1 heterocycles. The van der Waals surface area contributed by atoms with Crippen molar-refractivity contribution in [2.75, 3.05) is 6.54 Å². The predicted octanol–water partition coefficient (Wildman–Crippen LogP) is 1.65. The number of aliphatic carboxylic acids is 1. The lowest BCUT2D eigenvalue weighted by molar-refractivity contribution is -0.152. The number of nitrogens with zero attached hydrogens (tertiary/aromatic N) is 1. The topological polar surface area (TPSA) is 57.6 Å². The standard InChI is InChI=1S/C13H19NO3/c1-2-3-4-5-9-12(15)14-10-7-6-8-11(14)13(16)17/h1,11H,3-10H2,(H,16,17)/t11-/m0/s1. The molecular formula is C13H19NO3. The second kappa shape index (κ2) is 6.95. The maximum atomic E-state index is 11.9. The van der Waals surface area contributed by atoms with E-state index in [0.29, 0.717) is 25.8 Å². The molecule has 0 radical (unpaired) electrons.